The zero-order chi connectivity index (χ0) is 13.3. The molecule has 0 saturated carbocycles. The van der Waals surface area contributed by atoms with Gasteiger partial charge in [-0.2, -0.15) is 0 Å². The third-order valence-electron chi connectivity index (χ3n) is 2.47. The predicted molar refractivity (Wildman–Crippen MR) is 86.3 cm³/mol. The molecule has 94 valence electrons. The highest BCUT2D eigenvalue weighted by Gasteiger charge is 2.15. The second-order valence-corrected chi connectivity index (χ2v) is 6.59. The molecule has 0 nitrogen and oxygen atoms in total. The van der Waals surface area contributed by atoms with Crippen LogP contribution in [0.15, 0.2) is 36.4 Å². The van der Waals surface area contributed by atoms with Crippen LogP contribution in [-0.4, -0.2) is 0 Å². The van der Waals surface area contributed by atoms with Gasteiger partial charge in [0.05, 0.1) is 14.9 Å². The molecular weight excluding hydrogens is 453 g/mol. The highest BCUT2D eigenvalue weighted by molar-refractivity contribution is 14.1. The highest BCUT2D eigenvalue weighted by atomic mass is 127. The molecule has 2 aromatic rings. The van der Waals surface area contributed by atoms with Crippen molar-refractivity contribution < 1.29 is 4.39 Å². The van der Waals surface area contributed by atoms with E-state index in [9.17, 15) is 4.39 Å². The van der Waals surface area contributed by atoms with Crippen molar-refractivity contribution in [1.82, 2.24) is 0 Å². The lowest BCUT2D eigenvalue weighted by Crippen LogP contribution is -1.96. The van der Waals surface area contributed by atoms with Crippen molar-refractivity contribution in [2.24, 2.45) is 0 Å². The fourth-order valence-corrected chi connectivity index (χ4v) is 3.76. The summed E-state index contributed by atoms with van der Waals surface area (Å²) < 4.78 is 13.9. The van der Waals surface area contributed by atoms with Crippen LogP contribution in [0.5, 0.6) is 0 Å². The van der Waals surface area contributed by atoms with E-state index < -0.39 is 0 Å². The number of benzene rings is 2. The van der Waals surface area contributed by atoms with E-state index in [1.165, 1.54) is 12.1 Å². The number of halogens is 5. The molecule has 0 aliphatic heterocycles. The number of hydrogen-bond donors (Lipinski definition) is 0. The second-order valence-electron chi connectivity index (χ2n) is 3.70. The number of rotatable bonds is 2. The number of hydrogen-bond acceptors (Lipinski definition) is 0. The van der Waals surface area contributed by atoms with Gasteiger partial charge in [0.15, 0.2) is 0 Å². The van der Waals surface area contributed by atoms with Crippen LogP contribution in [0.1, 0.15) is 16.0 Å². The molecule has 0 fully saturated rings. The standard InChI is InChI=1S/C13H7BrCl2FI/c14-13(7-1-4-10(15)11(16)5-7)9-3-2-8(17)6-12(9)18/h1-6,13H. The van der Waals surface area contributed by atoms with Gasteiger partial charge in [0.25, 0.3) is 0 Å². The van der Waals surface area contributed by atoms with Crippen molar-refractivity contribution in [3.8, 4) is 0 Å². The number of alkyl halides is 1. The Kier molecular flexibility index (Phi) is 4.92. The van der Waals surface area contributed by atoms with Gasteiger partial charge in [-0.05, 0) is 58.0 Å². The van der Waals surface area contributed by atoms with Crippen molar-refractivity contribution in [2.75, 3.05) is 0 Å². The molecule has 0 aliphatic carbocycles. The first kappa shape index (κ1) is 14.6. The largest absolute Gasteiger partial charge is 0.207 e. The van der Waals surface area contributed by atoms with E-state index in [1.807, 2.05) is 12.1 Å². The highest BCUT2D eigenvalue weighted by Crippen LogP contribution is 2.36. The summed E-state index contributed by atoms with van der Waals surface area (Å²) >= 11 is 17.6. The smallest absolute Gasteiger partial charge is 0.124 e. The monoisotopic (exact) mass is 458 g/mol. The van der Waals surface area contributed by atoms with E-state index in [0.717, 1.165) is 14.7 Å². The van der Waals surface area contributed by atoms with Crippen LogP contribution in [0, 0.1) is 9.39 Å². The molecule has 0 spiro atoms. The molecule has 0 bridgehead atoms. The van der Waals surface area contributed by atoms with Gasteiger partial charge in [0, 0.05) is 3.57 Å². The second kappa shape index (κ2) is 6.07. The average molecular weight is 460 g/mol. The molecule has 2 rings (SSSR count). The summed E-state index contributed by atoms with van der Waals surface area (Å²) in [6.45, 7) is 0. The Labute approximate surface area is 137 Å². The Morgan fingerprint density at radius 3 is 2.39 bits per heavy atom. The van der Waals surface area contributed by atoms with Crippen LogP contribution < -0.4 is 0 Å². The maximum Gasteiger partial charge on any atom is 0.124 e. The van der Waals surface area contributed by atoms with E-state index in [-0.39, 0.29) is 10.6 Å². The van der Waals surface area contributed by atoms with Gasteiger partial charge in [-0.25, -0.2) is 4.39 Å². The predicted octanol–water partition coefficient (Wildman–Crippen LogP) is 6.22. The summed E-state index contributed by atoms with van der Waals surface area (Å²) in [4.78, 5) is -0.0419. The van der Waals surface area contributed by atoms with Gasteiger partial charge in [0.1, 0.15) is 5.82 Å². The fourth-order valence-electron chi connectivity index (χ4n) is 1.56. The van der Waals surface area contributed by atoms with Crippen molar-refractivity contribution in [3.05, 3.63) is 67.0 Å². The first-order chi connectivity index (χ1) is 8.49. The Morgan fingerprint density at radius 1 is 1.06 bits per heavy atom. The molecule has 0 aromatic heterocycles. The Bertz CT molecular complexity index is 589. The molecule has 0 N–H and O–H groups in total. The third-order valence-corrected chi connectivity index (χ3v) is 5.17. The first-order valence-electron chi connectivity index (χ1n) is 5.03. The van der Waals surface area contributed by atoms with Crippen LogP contribution in [0.4, 0.5) is 4.39 Å². The first-order valence-corrected chi connectivity index (χ1v) is 7.78. The minimum absolute atomic E-state index is 0.0419. The minimum atomic E-state index is -0.239. The topological polar surface area (TPSA) is 0 Å². The van der Waals surface area contributed by atoms with Crippen molar-refractivity contribution >= 4 is 61.7 Å². The van der Waals surface area contributed by atoms with Crippen LogP contribution in [0.2, 0.25) is 10.0 Å². The zero-order valence-electron chi connectivity index (χ0n) is 8.93. The molecule has 0 saturated heterocycles. The lowest BCUT2D eigenvalue weighted by Gasteiger charge is -2.13. The molecule has 1 atom stereocenters. The van der Waals surface area contributed by atoms with E-state index in [0.29, 0.717) is 10.0 Å². The zero-order valence-corrected chi connectivity index (χ0v) is 14.2. The molecule has 18 heavy (non-hydrogen) atoms. The van der Waals surface area contributed by atoms with Crippen LogP contribution >= 0.6 is 61.7 Å². The normalized spacial score (nSPS) is 12.5. The summed E-state index contributed by atoms with van der Waals surface area (Å²) in [6, 6.07) is 10.2. The van der Waals surface area contributed by atoms with E-state index in [4.69, 9.17) is 23.2 Å². The Morgan fingerprint density at radius 2 is 1.78 bits per heavy atom. The summed E-state index contributed by atoms with van der Waals surface area (Å²) in [5, 5.41) is 1.03. The summed E-state index contributed by atoms with van der Waals surface area (Å²) in [7, 11) is 0. The van der Waals surface area contributed by atoms with Crippen LogP contribution in [0.25, 0.3) is 0 Å². The van der Waals surface area contributed by atoms with Gasteiger partial charge in [-0.1, -0.05) is 51.3 Å². The van der Waals surface area contributed by atoms with Crippen LogP contribution in [-0.2, 0) is 0 Å². The third kappa shape index (κ3) is 3.18. The van der Waals surface area contributed by atoms with E-state index >= 15 is 0 Å². The molecule has 0 heterocycles. The molecular formula is C13H7BrCl2FI. The van der Waals surface area contributed by atoms with Gasteiger partial charge in [-0.3, -0.25) is 0 Å². The average Bonchev–Trinajstić information content (AvgIpc) is 2.32. The maximum absolute atomic E-state index is 13.1. The molecule has 0 amide bonds. The lowest BCUT2D eigenvalue weighted by molar-refractivity contribution is 0.626. The van der Waals surface area contributed by atoms with Crippen LogP contribution in [0.3, 0.4) is 0 Å². The van der Waals surface area contributed by atoms with E-state index in [2.05, 4.69) is 38.5 Å². The van der Waals surface area contributed by atoms with Gasteiger partial charge < -0.3 is 0 Å². The molecule has 0 aliphatic rings. The SMILES string of the molecule is Fc1ccc(C(Br)c2ccc(Cl)c(Cl)c2)c(I)c1. The molecule has 5 heteroatoms. The van der Waals surface area contributed by atoms with Gasteiger partial charge in [-0.15, -0.1) is 0 Å². The summed E-state index contributed by atoms with van der Waals surface area (Å²) in [5.41, 5.74) is 1.98. The molecule has 2 aromatic carbocycles. The Hall–Kier alpha value is 0.160. The molecule has 1 unspecified atom stereocenters. The van der Waals surface area contributed by atoms with Crippen molar-refractivity contribution in [3.63, 3.8) is 0 Å². The fraction of sp³-hybridized carbons (Fsp3) is 0.0769. The maximum atomic E-state index is 13.1. The van der Waals surface area contributed by atoms with Gasteiger partial charge >= 0.3 is 0 Å². The molecule has 0 radical (unpaired) electrons. The van der Waals surface area contributed by atoms with Crippen molar-refractivity contribution in [2.45, 2.75) is 4.83 Å². The minimum Gasteiger partial charge on any atom is -0.207 e. The van der Waals surface area contributed by atoms with Crippen molar-refractivity contribution in [1.29, 1.82) is 0 Å². The van der Waals surface area contributed by atoms with E-state index in [1.54, 1.807) is 12.1 Å². The van der Waals surface area contributed by atoms with Gasteiger partial charge in [0.2, 0.25) is 0 Å². The summed E-state index contributed by atoms with van der Waals surface area (Å²) in [5.74, 6) is -0.239. The lowest BCUT2D eigenvalue weighted by atomic mass is 10.0. The summed E-state index contributed by atoms with van der Waals surface area (Å²) in [6.07, 6.45) is 0. The Balaban J connectivity index is 2.41. The quantitative estimate of drug-likeness (QED) is 0.369.